The van der Waals surface area contributed by atoms with E-state index in [1.807, 2.05) is 12.1 Å². The molecule has 2 rings (SSSR count). The summed E-state index contributed by atoms with van der Waals surface area (Å²) in [7, 11) is 3.51. The molecule has 0 amide bonds. The number of nitrogens with two attached hydrogens (primary N) is 1. The maximum Gasteiger partial charge on any atom is 0.123 e. The SMILES string of the molecule is COc1ccccc1C(C)N1CCC(OC)CC1CN. The average Bonchev–Trinajstić information content (AvgIpc) is 2.53. The molecule has 1 fully saturated rings. The van der Waals surface area contributed by atoms with Gasteiger partial charge in [-0.05, 0) is 25.8 Å². The van der Waals surface area contributed by atoms with Crippen LogP contribution in [0, 0.1) is 0 Å². The van der Waals surface area contributed by atoms with Crippen molar-refractivity contribution in [3.8, 4) is 5.75 Å². The van der Waals surface area contributed by atoms with E-state index in [2.05, 4.69) is 24.0 Å². The minimum Gasteiger partial charge on any atom is -0.496 e. The highest BCUT2D eigenvalue weighted by atomic mass is 16.5. The third-order valence-corrected chi connectivity index (χ3v) is 4.41. The maximum absolute atomic E-state index is 5.97. The summed E-state index contributed by atoms with van der Waals surface area (Å²) >= 11 is 0. The van der Waals surface area contributed by atoms with Crippen molar-refractivity contribution in [2.75, 3.05) is 27.3 Å². The van der Waals surface area contributed by atoms with E-state index < -0.39 is 0 Å². The molecule has 2 N–H and O–H groups in total. The lowest BCUT2D eigenvalue weighted by molar-refractivity contribution is -0.00195. The molecular formula is C16H26N2O2. The van der Waals surface area contributed by atoms with E-state index in [4.69, 9.17) is 15.2 Å². The summed E-state index contributed by atoms with van der Waals surface area (Å²) < 4.78 is 11.0. The van der Waals surface area contributed by atoms with Gasteiger partial charge in [-0.3, -0.25) is 4.90 Å². The third-order valence-electron chi connectivity index (χ3n) is 4.41. The average molecular weight is 278 g/mol. The zero-order valence-corrected chi connectivity index (χ0v) is 12.7. The molecule has 0 aliphatic carbocycles. The van der Waals surface area contributed by atoms with Crippen molar-refractivity contribution in [2.45, 2.75) is 38.0 Å². The van der Waals surface area contributed by atoms with Crippen LogP contribution in [0.1, 0.15) is 31.4 Å². The van der Waals surface area contributed by atoms with E-state index in [0.717, 1.165) is 25.1 Å². The topological polar surface area (TPSA) is 47.7 Å². The Morgan fingerprint density at radius 1 is 1.35 bits per heavy atom. The van der Waals surface area contributed by atoms with E-state index in [1.54, 1.807) is 14.2 Å². The molecule has 1 aromatic rings. The molecule has 0 aromatic heterocycles. The molecule has 1 aliphatic rings. The number of likely N-dealkylation sites (tertiary alicyclic amines) is 1. The zero-order chi connectivity index (χ0) is 14.5. The fourth-order valence-electron chi connectivity index (χ4n) is 3.18. The van der Waals surface area contributed by atoms with Crippen molar-refractivity contribution in [3.63, 3.8) is 0 Å². The van der Waals surface area contributed by atoms with Gasteiger partial charge >= 0.3 is 0 Å². The summed E-state index contributed by atoms with van der Waals surface area (Å²) in [6, 6.07) is 8.90. The van der Waals surface area contributed by atoms with Gasteiger partial charge in [0.25, 0.3) is 0 Å². The maximum atomic E-state index is 5.97. The number of ether oxygens (including phenoxy) is 2. The summed E-state index contributed by atoms with van der Waals surface area (Å²) in [6.45, 7) is 3.91. The summed E-state index contributed by atoms with van der Waals surface area (Å²) in [6.07, 6.45) is 2.41. The zero-order valence-electron chi connectivity index (χ0n) is 12.7. The van der Waals surface area contributed by atoms with Crippen LogP contribution in [0.2, 0.25) is 0 Å². The monoisotopic (exact) mass is 278 g/mol. The van der Waals surface area contributed by atoms with Crippen LogP contribution in [0.15, 0.2) is 24.3 Å². The van der Waals surface area contributed by atoms with Gasteiger partial charge in [-0.2, -0.15) is 0 Å². The highest BCUT2D eigenvalue weighted by Gasteiger charge is 2.31. The molecule has 20 heavy (non-hydrogen) atoms. The number of para-hydroxylation sites is 1. The third kappa shape index (κ3) is 3.14. The first-order valence-corrected chi connectivity index (χ1v) is 7.32. The molecule has 0 radical (unpaired) electrons. The van der Waals surface area contributed by atoms with Crippen molar-refractivity contribution in [2.24, 2.45) is 5.73 Å². The van der Waals surface area contributed by atoms with E-state index >= 15 is 0 Å². The molecule has 1 aliphatic heterocycles. The van der Waals surface area contributed by atoms with E-state index in [0.29, 0.717) is 24.7 Å². The van der Waals surface area contributed by atoms with Crippen molar-refractivity contribution in [1.29, 1.82) is 0 Å². The minimum atomic E-state index is 0.303. The van der Waals surface area contributed by atoms with E-state index in [1.165, 1.54) is 5.56 Å². The van der Waals surface area contributed by atoms with Crippen LogP contribution in [-0.2, 0) is 4.74 Å². The highest BCUT2D eigenvalue weighted by molar-refractivity contribution is 5.35. The molecule has 3 unspecified atom stereocenters. The largest absolute Gasteiger partial charge is 0.496 e. The lowest BCUT2D eigenvalue weighted by Gasteiger charge is -2.42. The lowest BCUT2D eigenvalue weighted by Crippen LogP contribution is -2.49. The predicted octanol–water partition coefficient (Wildman–Crippen LogP) is 2.19. The van der Waals surface area contributed by atoms with Crippen molar-refractivity contribution < 1.29 is 9.47 Å². The first-order valence-electron chi connectivity index (χ1n) is 7.32. The Balaban J connectivity index is 2.17. The summed E-state index contributed by atoms with van der Waals surface area (Å²) in [4.78, 5) is 2.48. The van der Waals surface area contributed by atoms with Crippen molar-refractivity contribution >= 4 is 0 Å². The smallest absolute Gasteiger partial charge is 0.123 e. The predicted molar refractivity (Wildman–Crippen MR) is 81.0 cm³/mol. The molecule has 3 atom stereocenters. The second-order valence-electron chi connectivity index (χ2n) is 5.43. The van der Waals surface area contributed by atoms with Gasteiger partial charge in [-0.1, -0.05) is 18.2 Å². The second-order valence-corrected chi connectivity index (χ2v) is 5.43. The number of hydrogen-bond acceptors (Lipinski definition) is 4. The number of benzene rings is 1. The van der Waals surface area contributed by atoms with Gasteiger partial charge in [-0.15, -0.1) is 0 Å². The van der Waals surface area contributed by atoms with Crippen LogP contribution >= 0.6 is 0 Å². The quantitative estimate of drug-likeness (QED) is 0.897. The summed E-state index contributed by atoms with van der Waals surface area (Å²) in [5, 5.41) is 0. The Morgan fingerprint density at radius 2 is 2.10 bits per heavy atom. The number of nitrogens with zero attached hydrogens (tertiary/aromatic N) is 1. The molecule has 1 saturated heterocycles. The van der Waals surface area contributed by atoms with Gasteiger partial charge in [0.15, 0.2) is 0 Å². The van der Waals surface area contributed by atoms with Crippen LogP contribution in [0.25, 0.3) is 0 Å². The Kier molecular flexibility index (Phi) is 5.40. The van der Waals surface area contributed by atoms with Crippen LogP contribution < -0.4 is 10.5 Å². The molecule has 0 saturated carbocycles. The molecule has 4 heteroatoms. The van der Waals surface area contributed by atoms with E-state index in [-0.39, 0.29) is 0 Å². The Morgan fingerprint density at radius 3 is 2.75 bits per heavy atom. The minimum absolute atomic E-state index is 0.303. The van der Waals surface area contributed by atoms with Gasteiger partial charge in [0.05, 0.1) is 13.2 Å². The van der Waals surface area contributed by atoms with Gasteiger partial charge in [-0.25, -0.2) is 0 Å². The van der Waals surface area contributed by atoms with Crippen LogP contribution in [-0.4, -0.2) is 44.4 Å². The van der Waals surface area contributed by atoms with Crippen LogP contribution in [0.4, 0.5) is 0 Å². The normalized spacial score (nSPS) is 25.4. The van der Waals surface area contributed by atoms with Gasteiger partial charge in [0, 0.05) is 37.8 Å². The van der Waals surface area contributed by atoms with E-state index in [9.17, 15) is 0 Å². The molecule has 0 spiro atoms. The van der Waals surface area contributed by atoms with Crippen molar-refractivity contribution in [3.05, 3.63) is 29.8 Å². The number of rotatable bonds is 5. The second kappa shape index (κ2) is 7.07. The summed E-state index contributed by atoms with van der Waals surface area (Å²) in [5.41, 5.74) is 7.19. The first kappa shape index (κ1) is 15.3. The summed E-state index contributed by atoms with van der Waals surface area (Å²) in [5.74, 6) is 0.949. The molecule has 112 valence electrons. The molecule has 0 bridgehead atoms. The Bertz CT molecular complexity index is 425. The standard InChI is InChI=1S/C16H26N2O2/c1-12(15-6-4-5-7-16(15)20-3)18-9-8-14(19-2)10-13(18)11-17/h4-7,12-14H,8-11,17H2,1-3H3. The molecule has 4 nitrogen and oxygen atoms in total. The molecular weight excluding hydrogens is 252 g/mol. The molecule has 1 heterocycles. The number of piperidine rings is 1. The van der Waals surface area contributed by atoms with Gasteiger partial charge in [0.1, 0.15) is 5.75 Å². The van der Waals surface area contributed by atoms with Gasteiger partial charge in [0.2, 0.25) is 0 Å². The number of methoxy groups -OCH3 is 2. The fraction of sp³-hybridized carbons (Fsp3) is 0.625. The number of hydrogen-bond donors (Lipinski definition) is 1. The van der Waals surface area contributed by atoms with Crippen LogP contribution in [0.3, 0.4) is 0 Å². The fourth-order valence-corrected chi connectivity index (χ4v) is 3.18. The van der Waals surface area contributed by atoms with Gasteiger partial charge < -0.3 is 15.2 Å². The van der Waals surface area contributed by atoms with Crippen molar-refractivity contribution in [1.82, 2.24) is 4.90 Å². The lowest BCUT2D eigenvalue weighted by atomic mass is 9.95. The Labute approximate surface area is 121 Å². The van der Waals surface area contributed by atoms with Crippen LogP contribution in [0.5, 0.6) is 5.75 Å². The Hall–Kier alpha value is -1.10. The molecule has 1 aromatic carbocycles. The highest BCUT2D eigenvalue weighted by Crippen LogP contribution is 2.33. The first-order chi connectivity index (χ1) is 9.71.